The molecule has 4 aromatic rings. The SMILES string of the molecule is O=C(Nc1cccc(C(F)(F)F)c1F)c1cc(Cl)ccc1NS(=O)(=O)c1ccc(Oc2ccccc2Cl)cc1. The average molecular weight is 599 g/mol. The number of carbonyl (C=O) groups is 1. The first-order valence-corrected chi connectivity index (χ1v) is 13.1. The molecule has 6 nitrogen and oxygen atoms in total. The fraction of sp³-hybridized carbons (Fsp3) is 0.0385. The Balaban J connectivity index is 1.57. The second-order valence-electron chi connectivity index (χ2n) is 7.92. The van der Waals surface area contributed by atoms with Crippen molar-refractivity contribution in [1.82, 2.24) is 0 Å². The predicted molar refractivity (Wildman–Crippen MR) is 140 cm³/mol. The van der Waals surface area contributed by atoms with E-state index >= 15 is 0 Å². The van der Waals surface area contributed by atoms with Gasteiger partial charge in [-0.25, -0.2) is 12.8 Å². The Bertz CT molecular complexity index is 1650. The molecule has 0 aliphatic rings. The highest BCUT2D eigenvalue weighted by Gasteiger charge is 2.35. The zero-order valence-electron chi connectivity index (χ0n) is 19.4. The molecule has 0 unspecified atom stereocenters. The fourth-order valence-electron chi connectivity index (χ4n) is 3.38. The van der Waals surface area contributed by atoms with Crippen molar-refractivity contribution in [1.29, 1.82) is 0 Å². The van der Waals surface area contributed by atoms with Gasteiger partial charge in [0, 0.05) is 5.02 Å². The lowest BCUT2D eigenvalue weighted by Gasteiger charge is -2.15. The number of hydrogen-bond donors (Lipinski definition) is 2. The van der Waals surface area contributed by atoms with Crippen LogP contribution in [-0.2, 0) is 16.2 Å². The van der Waals surface area contributed by atoms with Crippen LogP contribution in [0.4, 0.5) is 28.9 Å². The maximum absolute atomic E-state index is 14.4. The Morgan fingerprint density at radius 3 is 2.21 bits per heavy atom. The lowest BCUT2D eigenvalue weighted by Crippen LogP contribution is -2.20. The van der Waals surface area contributed by atoms with Gasteiger partial charge in [0.05, 0.1) is 32.4 Å². The molecule has 0 spiro atoms. The Hall–Kier alpha value is -3.80. The number of benzene rings is 4. The molecule has 4 aromatic carbocycles. The van der Waals surface area contributed by atoms with Crippen LogP contribution in [0.1, 0.15) is 15.9 Å². The molecule has 2 N–H and O–H groups in total. The van der Waals surface area contributed by atoms with E-state index in [0.717, 1.165) is 18.2 Å². The third kappa shape index (κ3) is 6.62. The summed E-state index contributed by atoms with van der Waals surface area (Å²) in [5, 5.41) is 2.41. The first-order chi connectivity index (χ1) is 18.3. The molecule has 1 amide bonds. The number of nitrogens with one attached hydrogen (secondary N) is 2. The molecule has 0 fully saturated rings. The number of hydrogen-bond acceptors (Lipinski definition) is 4. The minimum Gasteiger partial charge on any atom is -0.456 e. The van der Waals surface area contributed by atoms with Crippen LogP contribution in [0.15, 0.2) is 89.8 Å². The summed E-state index contributed by atoms with van der Waals surface area (Å²) in [7, 11) is -4.26. The van der Waals surface area contributed by atoms with E-state index in [4.69, 9.17) is 27.9 Å². The lowest BCUT2D eigenvalue weighted by molar-refractivity contribution is -0.139. The van der Waals surface area contributed by atoms with Crippen LogP contribution in [0.2, 0.25) is 10.0 Å². The van der Waals surface area contributed by atoms with Gasteiger partial charge in [-0.2, -0.15) is 13.2 Å². The minimum atomic E-state index is -4.99. The third-order valence-corrected chi connectivity index (χ3v) is 7.15. The van der Waals surface area contributed by atoms with Gasteiger partial charge in [0.2, 0.25) is 0 Å². The summed E-state index contributed by atoms with van der Waals surface area (Å²) in [6.07, 6.45) is -4.99. The average Bonchev–Trinajstić information content (AvgIpc) is 2.87. The van der Waals surface area contributed by atoms with Crippen LogP contribution < -0.4 is 14.8 Å². The first kappa shape index (κ1) is 28.2. The number of anilines is 2. The highest BCUT2D eigenvalue weighted by molar-refractivity contribution is 7.92. The van der Waals surface area contributed by atoms with Gasteiger partial charge in [0.1, 0.15) is 11.5 Å². The van der Waals surface area contributed by atoms with Crippen LogP contribution >= 0.6 is 23.2 Å². The fourth-order valence-corrected chi connectivity index (χ4v) is 4.80. The van der Waals surface area contributed by atoms with Crippen LogP contribution in [0.3, 0.4) is 0 Å². The summed E-state index contributed by atoms with van der Waals surface area (Å²) in [4.78, 5) is 12.7. The van der Waals surface area contributed by atoms with Crippen molar-refractivity contribution in [3.8, 4) is 11.5 Å². The summed E-state index contributed by atoms with van der Waals surface area (Å²) in [6, 6.07) is 17.9. The van der Waals surface area contributed by atoms with E-state index in [2.05, 4.69) is 4.72 Å². The van der Waals surface area contributed by atoms with Crippen molar-refractivity contribution in [2.45, 2.75) is 11.1 Å². The molecular weight excluding hydrogens is 583 g/mol. The van der Waals surface area contributed by atoms with E-state index in [0.29, 0.717) is 22.6 Å². The molecule has 13 heteroatoms. The molecule has 202 valence electrons. The summed E-state index contributed by atoms with van der Waals surface area (Å²) in [5.74, 6) is -2.13. The number of halogens is 6. The maximum atomic E-state index is 14.4. The number of ether oxygens (including phenoxy) is 1. The molecule has 0 saturated carbocycles. The topological polar surface area (TPSA) is 84.5 Å². The molecule has 0 atom stereocenters. The van der Waals surface area contributed by atoms with E-state index in [1.807, 2.05) is 5.32 Å². The molecule has 0 bridgehead atoms. The summed E-state index contributed by atoms with van der Waals surface area (Å²) in [6.45, 7) is 0. The van der Waals surface area contributed by atoms with Gasteiger partial charge in [0.15, 0.2) is 5.82 Å². The monoisotopic (exact) mass is 598 g/mol. The van der Waals surface area contributed by atoms with Gasteiger partial charge < -0.3 is 10.1 Å². The van der Waals surface area contributed by atoms with E-state index in [1.165, 1.54) is 36.4 Å². The number of rotatable bonds is 7. The smallest absolute Gasteiger partial charge is 0.419 e. The van der Waals surface area contributed by atoms with Crippen molar-refractivity contribution in [3.05, 3.63) is 112 Å². The van der Waals surface area contributed by atoms with E-state index in [1.54, 1.807) is 24.3 Å². The Kier molecular flexibility index (Phi) is 8.05. The molecule has 0 heterocycles. The third-order valence-electron chi connectivity index (χ3n) is 5.22. The number of para-hydroxylation sites is 1. The number of amides is 1. The lowest BCUT2D eigenvalue weighted by atomic mass is 10.1. The largest absolute Gasteiger partial charge is 0.456 e. The number of carbonyl (C=O) groups excluding carboxylic acids is 1. The van der Waals surface area contributed by atoms with Crippen molar-refractivity contribution < 1.29 is 35.5 Å². The van der Waals surface area contributed by atoms with Crippen LogP contribution in [0, 0.1) is 5.82 Å². The quantitative estimate of drug-likeness (QED) is 0.211. The van der Waals surface area contributed by atoms with Crippen LogP contribution in [-0.4, -0.2) is 14.3 Å². The molecular formula is C26H16Cl2F4N2O4S. The second kappa shape index (κ2) is 11.1. The normalized spacial score (nSPS) is 11.6. The van der Waals surface area contributed by atoms with Gasteiger partial charge in [-0.3, -0.25) is 9.52 Å². The standard InChI is InChI=1S/C26H16Cl2F4N2O4S/c27-15-8-13-21(18(14-15)25(35)33-22-6-3-4-19(24(22)29)26(30,31)32)34-39(36,37)17-11-9-16(10-12-17)38-23-7-2-1-5-20(23)28/h1-14,34H,(H,33,35). The summed E-state index contributed by atoms with van der Waals surface area (Å²) < 4.78 is 87.5. The Labute approximate surface area is 230 Å². The molecule has 0 radical (unpaired) electrons. The highest BCUT2D eigenvalue weighted by atomic mass is 35.5. The van der Waals surface area contributed by atoms with Crippen LogP contribution in [0.5, 0.6) is 11.5 Å². The molecule has 0 aromatic heterocycles. The zero-order chi connectivity index (χ0) is 28.4. The van der Waals surface area contributed by atoms with Gasteiger partial charge in [-0.15, -0.1) is 0 Å². The molecule has 0 aliphatic carbocycles. The summed E-state index contributed by atoms with van der Waals surface area (Å²) in [5.41, 5.74) is -2.94. The van der Waals surface area contributed by atoms with Crippen molar-refractivity contribution in [3.63, 3.8) is 0 Å². The molecule has 0 aliphatic heterocycles. The van der Waals surface area contributed by atoms with Gasteiger partial charge in [-0.05, 0) is 66.7 Å². The molecule has 39 heavy (non-hydrogen) atoms. The van der Waals surface area contributed by atoms with E-state index in [-0.39, 0.29) is 21.2 Å². The number of sulfonamides is 1. The predicted octanol–water partition coefficient (Wildman–Crippen LogP) is 8.00. The zero-order valence-corrected chi connectivity index (χ0v) is 21.7. The summed E-state index contributed by atoms with van der Waals surface area (Å²) >= 11 is 12.0. The van der Waals surface area contributed by atoms with Gasteiger partial charge in [0.25, 0.3) is 15.9 Å². The van der Waals surface area contributed by atoms with Gasteiger partial charge >= 0.3 is 6.18 Å². The van der Waals surface area contributed by atoms with Crippen LogP contribution in [0.25, 0.3) is 0 Å². The second-order valence-corrected chi connectivity index (χ2v) is 10.4. The highest BCUT2D eigenvalue weighted by Crippen LogP contribution is 2.35. The van der Waals surface area contributed by atoms with Crippen molar-refractivity contribution >= 4 is 50.5 Å². The Morgan fingerprint density at radius 1 is 0.846 bits per heavy atom. The van der Waals surface area contributed by atoms with E-state index < -0.39 is 39.2 Å². The Morgan fingerprint density at radius 2 is 1.54 bits per heavy atom. The first-order valence-electron chi connectivity index (χ1n) is 10.9. The maximum Gasteiger partial charge on any atom is 0.419 e. The van der Waals surface area contributed by atoms with Crippen molar-refractivity contribution in [2.24, 2.45) is 0 Å². The molecule has 0 saturated heterocycles. The molecule has 4 rings (SSSR count). The minimum absolute atomic E-state index is 0.0219. The number of alkyl halides is 3. The van der Waals surface area contributed by atoms with Gasteiger partial charge in [-0.1, -0.05) is 41.4 Å². The van der Waals surface area contributed by atoms with Crippen molar-refractivity contribution in [2.75, 3.05) is 10.0 Å². The van der Waals surface area contributed by atoms with E-state index in [9.17, 15) is 30.8 Å².